The summed E-state index contributed by atoms with van der Waals surface area (Å²) in [7, 11) is 5.44. The minimum absolute atomic E-state index is 0.0280. The quantitative estimate of drug-likeness (QED) is 0.219. The van der Waals surface area contributed by atoms with Gasteiger partial charge in [-0.3, -0.25) is 9.59 Å². The smallest absolute Gasteiger partial charge is 0.231 e. The SMILES string of the molecule is COc1c2c3c4c5c(c(=O)c(OC)cc5c5c(OC)cc(=O)c(c1O)c35)=C(O)[C@@H](OC)[C@]41C[C@](C)(O)[C@H]2[C@]1(C)O. The van der Waals surface area contributed by atoms with Crippen molar-refractivity contribution in [3.05, 3.63) is 48.9 Å². The highest BCUT2D eigenvalue weighted by atomic mass is 16.5. The van der Waals surface area contributed by atoms with Crippen LogP contribution in [-0.2, 0) is 10.2 Å². The molecule has 5 atom stereocenters. The summed E-state index contributed by atoms with van der Waals surface area (Å²) in [6.07, 6.45) is -1.31. The molecule has 3 aliphatic carbocycles. The van der Waals surface area contributed by atoms with Gasteiger partial charge in [-0.25, -0.2) is 0 Å². The van der Waals surface area contributed by atoms with Crippen molar-refractivity contribution >= 4 is 38.1 Å². The molecule has 1 fully saturated rings. The lowest BCUT2D eigenvalue weighted by atomic mass is 9.55. The Kier molecular flexibility index (Phi) is 4.56. The fourth-order valence-corrected chi connectivity index (χ4v) is 8.65. The normalized spacial score (nSPS) is 30.1. The summed E-state index contributed by atoms with van der Waals surface area (Å²) in [5.41, 5.74) is -5.22. The molecular formula is C30H28O10. The van der Waals surface area contributed by atoms with Gasteiger partial charge in [0.1, 0.15) is 17.6 Å². The summed E-state index contributed by atoms with van der Waals surface area (Å²) < 4.78 is 22.7. The van der Waals surface area contributed by atoms with Gasteiger partial charge in [0.25, 0.3) is 0 Å². The summed E-state index contributed by atoms with van der Waals surface area (Å²) in [4.78, 5) is 27.3. The Bertz CT molecular complexity index is 2010. The molecule has 3 aliphatic rings. The van der Waals surface area contributed by atoms with Gasteiger partial charge in [-0.1, -0.05) is 0 Å². The second-order valence-electron chi connectivity index (χ2n) is 11.5. The van der Waals surface area contributed by atoms with E-state index < -0.39 is 51.0 Å². The van der Waals surface area contributed by atoms with Crippen LogP contribution in [0.5, 0.6) is 23.0 Å². The molecule has 4 aromatic rings. The van der Waals surface area contributed by atoms with Gasteiger partial charge < -0.3 is 39.4 Å². The fourth-order valence-electron chi connectivity index (χ4n) is 8.65. The first-order valence-electron chi connectivity index (χ1n) is 12.8. The van der Waals surface area contributed by atoms with Crippen molar-refractivity contribution in [1.29, 1.82) is 0 Å². The number of ether oxygens (including phenoxy) is 4. The molecule has 0 saturated heterocycles. The van der Waals surface area contributed by atoms with E-state index in [0.29, 0.717) is 38.1 Å². The summed E-state index contributed by atoms with van der Waals surface area (Å²) in [6.45, 7) is 3.13. The van der Waals surface area contributed by atoms with Crippen LogP contribution in [0.15, 0.2) is 21.7 Å². The molecule has 2 bridgehead atoms. The molecule has 1 saturated carbocycles. The number of hydrogen-bond donors (Lipinski definition) is 4. The average Bonchev–Trinajstić information content (AvgIpc) is 2.98. The summed E-state index contributed by atoms with van der Waals surface area (Å²) in [5, 5.41) is 49.6. The van der Waals surface area contributed by atoms with Gasteiger partial charge in [0, 0.05) is 40.8 Å². The summed E-state index contributed by atoms with van der Waals surface area (Å²) in [5.74, 6) is -1.80. The third-order valence-corrected chi connectivity index (χ3v) is 9.78. The van der Waals surface area contributed by atoms with E-state index in [0.717, 1.165) is 0 Å². The molecule has 0 heterocycles. The number of aliphatic hydroxyl groups excluding tert-OH is 1. The number of aromatic hydroxyl groups is 1. The maximum Gasteiger partial charge on any atom is 0.231 e. The van der Waals surface area contributed by atoms with E-state index in [1.807, 2.05) is 0 Å². The van der Waals surface area contributed by atoms with Gasteiger partial charge >= 0.3 is 0 Å². The lowest BCUT2D eigenvalue weighted by molar-refractivity contribution is -0.0800. The molecule has 0 radical (unpaired) electrons. The molecule has 10 heteroatoms. The number of phenolic OH excluding ortho intramolecular Hbond substituents is 1. The average molecular weight is 549 g/mol. The van der Waals surface area contributed by atoms with Crippen LogP contribution in [0.3, 0.4) is 0 Å². The zero-order valence-electron chi connectivity index (χ0n) is 22.8. The van der Waals surface area contributed by atoms with Crippen LogP contribution in [0, 0.1) is 0 Å². The predicted octanol–water partition coefficient (Wildman–Crippen LogP) is 1.69. The predicted molar refractivity (Wildman–Crippen MR) is 146 cm³/mol. The van der Waals surface area contributed by atoms with Crippen molar-refractivity contribution in [2.75, 3.05) is 28.4 Å². The summed E-state index contributed by atoms with van der Waals surface area (Å²) >= 11 is 0. The van der Waals surface area contributed by atoms with Crippen molar-refractivity contribution in [2.24, 2.45) is 0 Å². The molecule has 10 nitrogen and oxygen atoms in total. The Morgan fingerprint density at radius 1 is 0.850 bits per heavy atom. The second kappa shape index (κ2) is 7.25. The Morgan fingerprint density at radius 3 is 2.12 bits per heavy atom. The Labute approximate surface area is 226 Å². The van der Waals surface area contributed by atoms with Gasteiger partial charge in [0.05, 0.1) is 48.6 Å². The lowest BCUT2D eigenvalue weighted by Crippen LogP contribution is -2.61. The largest absolute Gasteiger partial charge is 0.509 e. The number of benzene rings is 4. The van der Waals surface area contributed by atoms with E-state index in [9.17, 15) is 30.0 Å². The highest BCUT2D eigenvalue weighted by molar-refractivity contribution is 6.29. The number of phenols is 1. The number of fused-ring (bicyclic) bond motifs is 3. The number of rotatable bonds is 4. The van der Waals surface area contributed by atoms with Crippen LogP contribution >= 0.6 is 0 Å². The van der Waals surface area contributed by atoms with Crippen LogP contribution in [0.25, 0.3) is 38.1 Å². The van der Waals surface area contributed by atoms with E-state index in [2.05, 4.69) is 0 Å². The first kappa shape index (κ1) is 25.1. The molecule has 4 aromatic carbocycles. The Hall–Kier alpha value is -3.86. The van der Waals surface area contributed by atoms with Crippen molar-refractivity contribution in [3.8, 4) is 23.0 Å². The van der Waals surface area contributed by atoms with Gasteiger partial charge in [0.2, 0.25) is 5.43 Å². The Morgan fingerprint density at radius 2 is 1.52 bits per heavy atom. The van der Waals surface area contributed by atoms with Crippen LogP contribution in [0.4, 0.5) is 0 Å². The zero-order valence-corrected chi connectivity index (χ0v) is 22.8. The molecular weight excluding hydrogens is 520 g/mol. The second-order valence-corrected chi connectivity index (χ2v) is 11.5. The van der Waals surface area contributed by atoms with E-state index in [1.165, 1.54) is 40.6 Å². The van der Waals surface area contributed by atoms with E-state index in [1.54, 1.807) is 13.8 Å². The molecule has 1 spiro atoms. The van der Waals surface area contributed by atoms with Crippen LogP contribution < -0.4 is 30.3 Å². The van der Waals surface area contributed by atoms with Crippen molar-refractivity contribution in [1.82, 2.24) is 0 Å². The van der Waals surface area contributed by atoms with E-state index >= 15 is 0 Å². The Balaban J connectivity index is 1.99. The third-order valence-electron chi connectivity index (χ3n) is 9.78. The van der Waals surface area contributed by atoms with Crippen LogP contribution in [0.2, 0.25) is 0 Å². The van der Waals surface area contributed by atoms with Crippen LogP contribution in [-0.4, -0.2) is 66.2 Å². The third kappa shape index (κ3) is 2.32. The van der Waals surface area contributed by atoms with Gasteiger partial charge in [-0.15, -0.1) is 0 Å². The van der Waals surface area contributed by atoms with Gasteiger partial charge in [-0.2, -0.15) is 0 Å². The highest BCUT2D eigenvalue weighted by Crippen LogP contribution is 2.71. The number of aliphatic hydroxyl groups is 3. The molecule has 0 amide bonds. The maximum absolute atomic E-state index is 13.8. The molecule has 0 aliphatic heterocycles. The molecule has 4 N–H and O–H groups in total. The minimum atomic E-state index is -1.78. The van der Waals surface area contributed by atoms with Gasteiger partial charge in [0.15, 0.2) is 22.7 Å². The zero-order chi connectivity index (χ0) is 28.8. The molecule has 7 rings (SSSR count). The molecule has 208 valence electrons. The van der Waals surface area contributed by atoms with Crippen molar-refractivity contribution < 1.29 is 39.4 Å². The van der Waals surface area contributed by atoms with Crippen LogP contribution in [0.1, 0.15) is 37.3 Å². The molecule has 40 heavy (non-hydrogen) atoms. The summed E-state index contributed by atoms with van der Waals surface area (Å²) in [6, 6.07) is 2.77. The fraction of sp³-hybridized carbons (Fsp3) is 0.400. The van der Waals surface area contributed by atoms with Crippen molar-refractivity contribution in [3.63, 3.8) is 0 Å². The van der Waals surface area contributed by atoms with E-state index in [-0.39, 0.29) is 34.3 Å². The minimum Gasteiger partial charge on any atom is -0.509 e. The molecule has 0 aromatic heterocycles. The lowest BCUT2D eigenvalue weighted by Gasteiger charge is -2.52. The van der Waals surface area contributed by atoms with E-state index in [4.69, 9.17) is 18.9 Å². The highest BCUT2D eigenvalue weighted by Gasteiger charge is 2.74. The first-order valence-corrected chi connectivity index (χ1v) is 12.8. The maximum atomic E-state index is 13.8. The molecule has 0 unspecified atom stereocenters. The number of hydrogen-bond acceptors (Lipinski definition) is 10. The first-order chi connectivity index (χ1) is 18.8. The monoisotopic (exact) mass is 548 g/mol. The van der Waals surface area contributed by atoms with Crippen molar-refractivity contribution in [2.45, 2.75) is 48.9 Å². The van der Waals surface area contributed by atoms with Gasteiger partial charge in [-0.05, 0) is 42.7 Å². The topological polar surface area (TPSA) is 152 Å². The standard InChI is InChI=1S/C30H28O10/c1-28(35)9-30-21-15-10(7-13(38-4)22(32)19(15)24(34)27(30)40-6)14-12(37-3)8-11(31)16-17(14)18(21)20(25(39-5)23(16)33)26(28)29(30,2)36/h7-8,26-27,33-36H,9H2,1-6H3/t26-,27+,28-,29-,30-/m0/s1. The number of methoxy groups -OCH3 is 4.